The fourth-order valence-corrected chi connectivity index (χ4v) is 2.54. The van der Waals surface area contributed by atoms with Crippen molar-refractivity contribution in [3.8, 4) is 0 Å². The maximum absolute atomic E-state index is 10.9. The molecular weight excluding hydrogens is 200 g/mol. The molecule has 2 N–H and O–H groups in total. The molecule has 1 aromatic rings. The topological polar surface area (TPSA) is 57.5 Å². The molecule has 0 saturated carbocycles. The van der Waals surface area contributed by atoms with Crippen molar-refractivity contribution in [1.29, 1.82) is 0 Å². The summed E-state index contributed by atoms with van der Waals surface area (Å²) in [6.07, 6.45) is 1.06. The average Bonchev–Trinajstić information content (AvgIpc) is 2.65. The Labute approximate surface area is 87.0 Å². The third-order valence-corrected chi connectivity index (χ3v) is 3.60. The molecule has 0 radical (unpaired) electrons. The van der Waals surface area contributed by atoms with Gasteiger partial charge in [0.1, 0.15) is 0 Å². The molecule has 1 aromatic heterocycles. The van der Waals surface area contributed by atoms with Crippen molar-refractivity contribution in [2.24, 2.45) is 0 Å². The van der Waals surface area contributed by atoms with Crippen molar-refractivity contribution < 1.29 is 15.0 Å². The molecule has 0 saturated heterocycles. The minimum Gasteiger partial charge on any atom is -0.478 e. The molecule has 78 valence electrons. The summed E-state index contributed by atoms with van der Waals surface area (Å²) in [5.74, 6) is -0.971. The number of carboxylic acid groups (broad SMARTS) is 1. The number of aliphatic hydroxyl groups is 1. The van der Waals surface area contributed by atoms with Gasteiger partial charge in [0.25, 0.3) is 0 Å². The Hall–Kier alpha value is -0.870. The van der Waals surface area contributed by atoms with Gasteiger partial charge in [-0.2, -0.15) is 0 Å². The quantitative estimate of drug-likeness (QED) is 0.809. The van der Waals surface area contributed by atoms with E-state index in [2.05, 4.69) is 0 Å². The molecule has 0 atom stereocenters. The van der Waals surface area contributed by atoms with Gasteiger partial charge in [-0.05, 0) is 24.3 Å². The number of aromatic carboxylic acids is 1. The zero-order valence-electron chi connectivity index (χ0n) is 8.28. The minimum absolute atomic E-state index is 0.223. The number of hydrogen-bond donors (Lipinski definition) is 2. The van der Waals surface area contributed by atoms with E-state index in [4.69, 9.17) is 5.11 Å². The first-order valence-corrected chi connectivity index (χ1v) is 5.46. The normalized spacial score (nSPS) is 11.6. The number of carboxylic acids is 1. The molecule has 1 heterocycles. The molecular formula is C10H14O3S. The summed E-state index contributed by atoms with van der Waals surface area (Å²) in [6.45, 7) is 3.71. The monoisotopic (exact) mass is 214 g/mol. The molecule has 0 aliphatic carbocycles. The second kappa shape index (κ2) is 4.11. The fraction of sp³-hybridized carbons (Fsp3) is 0.500. The van der Waals surface area contributed by atoms with Crippen molar-refractivity contribution in [3.05, 3.63) is 21.9 Å². The Kier molecular flexibility index (Phi) is 3.29. The van der Waals surface area contributed by atoms with Crippen LogP contribution in [0.5, 0.6) is 0 Å². The Morgan fingerprint density at radius 3 is 2.50 bits per heavy atom. The van der Waals surface area contributed by atoms with E-state index in [1.807, 2.05) is 13.8 Å². The van der Waals surface area contributed by atoms with Crippen LogP contribution in [0.15, 0.2) is 11.4 Å². The first-order valence-electron chi connectivity index (χ1n) is 4.58. The molecule has 0 unspecified atom stereocenters. The number of carbonyl (C=O) groups is 1. The first-order chi connectivity index (χ1) is 6.55. The predicted molar refractivity (Wildman–Crippen MR) is 55.8 cm³/mol. The van der Waals surface area contributed by atoms with Crippen molar-refractivity contribution in [3.63, 3.8) is 0 Å². The van der Waals surface area contributed by atoms with Gasteiger partial charge in [-0.1, -0.05) is 13.8 Å². The molecule has 0 aromatic carbocycles. The highest BCUT2D eigenvalue weighted by atomic mass is 32.1. The largest absolute Gasteiger partial charge is 0.478 e. The van der Waals surface area contributed by atoms with E-state index in [0.29, 0.717) is 17.7 Å². The minimum atomic E-state index is -0.984. The van der Waals surface area contributed by atoms with Crippen LogP contribution in [0, 0.1) is 0 Å². The van der Waals surface area contributed by atoms with E-state index < -0.39 is 11.6 Å². The smallest absolute Gasteiger partial charge is 0.336 e. The van der Waals surface area contributed by atoms with Crippen LogP contribution in [0.25, 0.3) is 0 Å². The predicted octanol–water partition coefficient (Wildman–Crippen LogP) is 2.45. The van der Waals surface area contributed by atoms with E-state index >= 15 is 0 Å². The van der Waals surface area contributed by atoms with E-state index in [-0.39, 0.29) is 5.56 Å². The fourth-order valence-electron chi connectivity index (χ4n) is 1.41. The maximum atomic E-state index is 10.9. The zero-order chi connectivity index (χ0) is 10.8. The third kappa shape index (κ3) is 1.81. The van der Waals surface area contributed by atoms with Crippen LogP contribution in [-0.2, 0) is 5.60 Å². The van der Waals surface area contributed by atoms with E-state index in [9.17, 15) is 9.90 Å². The van der Waals surface area contributed by atoms with Crippen molar-refractivity contribution >= 4 is 17.3 Å². The second-order valence-corrected chi connectivity index (χ2v) is 4.12. The van der Waals surface area contributed by atoms with Crippen LogP contribution in [0.3, 0.4) is 0 Å². The van der Waals surface area contributed by atoms with Crippen LogP contribution in [0.1, 0.15) is 41.9 Å². The average molecular weight is 214 g/mol. The molecule has 0 aliphatic rings. The lowest BCUT2D eigenvalue weighted by molar-refractivity contribution is 0.0298. The van der Waals surface area contributed by atoms with Crippen molar-refractivity contribution in [2.45, 2.75) is 32.3 Å². The maximum Gasteiger partial charge on any atom is 0.336 e. The van der Waals surface area contributed by atoms with Crippen LogP contribution < -0.4 is 0 Å². The SMILES string of the molecule is CCC(O)(CC)c1sccc1C(=O)O. The van der Waals surface area contributed by atoms with Crippen LogP contribution in [0.2, 0.25) is 0 Å². The Bertz CT molecular complexity index is 326. The van der Waals surface area contributed by atoms with Gasteiger partial charge in [-0.3, -0.25) is 0 Å². The lowest BCUT2D eigenvalue weighted by Gasteiger charge is -2.24. The van der Waals surface area contributed by atoms with Gasteiger partial charge in [0.05, 0.1) is 16.0 Å². The molecule has 14 heavy (non-hydrogen) atoms. The Morgan fingerprint density at radius 1 is 1.50 bits per heavy atom. The summed E-state index contributed by atoms with van der Waals surface area (Å²) in [7, 11) is 0. The molecule has 0 aliphatic heterocycles. The molecule has 0 spiro atoms. The molecule has 0 bridgehead atoms. The summed E-state index contributed by atoms with van der Waals surface area (Å²) in [6, 6.07) is 1.54. The van der Waals surface area contributed by atoms with Gasteiger partial charge >= 0.3 is 5.97 Å². The lowest BCUT2D eigenvalue weighted by Crippen LogP contribution is -2.24. The molecule has 0 amide bonds. The highest BCUT2D eigenvalue weighted by Gasteiger charge is 2.30. The highest BCUT2D eigenvalue weighted by molar-refractivity contribution is 7.10. The molecule has 0 fully saturated rings. The summed E-state index contributed by atoms with van der Waals surface area (Å²) >= 11 is 1.30. The van der Waals surface area contributed by atoms with Gasteiger partial charge in [-0.25, -0.2) is 4.79 Å². The van der Waals surface area contributed by atoms with E-state index in [1.54, 1.807) is 11.4 Å². The molecule has 1 rings (SSSR count). The van der Waals surface area contributed by atoms with Gasteiger partial charge in [-0.15, -0.1) is 11.3 Å². The van der Waals surface area contributed by atoms with Crippen LogP contribution in [-0.4, -0.2) is 16.2 Å². The first kappa shape index (κ1) is 11.2. The molecule has 3 nitrogen and oxygen atoms in total. The van der Waals surface area contributed by atoms with Gasteiger partial charge in [0, 0.05) is 0 Å². The van der Waals surface area contributed by atoms with Gasteiger partial charge in [0.2, 0.25) is 0 Å². The number of hydrogen-bond acceptors (Lipinski definition) is 3. The van der Waals surface area contributed by atoms with Crippen molar-refractivity contribution in [1.82, 2.24) is 0 Å². The number of thiophene rings is 1. The third-order valence-electron chi connectivity index (χ3n) is 2.49. The highest BCUT2D eigenvalue weighted by Crippen LogP contribution is 2.34. The van der Waals surface area contributed by atoms with Gasteiger partial charge < -0.3 is 10.2 Å². The summed E-state index contributed by atoms with van der Waals surface area (Å²) in [4.78, 5) is 11.4. The van der Waals surface area contributed by atoms with Crippen LogP contribution in [0.4, 0.5) is 0 Å². The zero-order valence-corrected chi connectivity index (χ0v) is 9.10. The standard InChI is InChI=1S/C10H14O3S/c1-3-10(13,4-2)8-7(9(11)12)5-6-14-8/h5-6,13H,3-4H2,1-2H3,(H,11,12). The van der Waals surface area contributed by atoms with Crippen LogP contribution >= 0.6 is 11.3 Å². The summed E-state index contributed by atoms with van der Waals surface area (Å²) < 4.78 is 0. The Balaban J connectivity index is 3.17. The van der Waals surface area contributed by atoms with Gasteiger partial charge in [0.15, 0.2) is 0 Å². The number of rotatable bonds is 4. The van der Waals surface area contributed by atoms with E-state index in [1.165, 1.54) is 11.3 Å². The van der Waals surface area contributed by atoms with E-state index in [0.717, 1.165) is 0 Å². The Morgan fingerprint density at radius 2 is 2.07 bits per heavy atom. The summed E-state index contributed by atoms with van der Waals surface area (Å²) in [5.41, 5.74) is -0.761. The molecule has 4 heteroatoms. The second-order valence-electron chi connectivity index (χ2n) is 3.21. The lowest BCUT2D eigenvalue weighted by atomic mass is 9.93. The van der Waals surface area contributed by atoms with Crippen molar-refractivity contribution in [2.75, 3.05) is 0 Å². The summed E-state index contributed by atoms with van der Waals surface area (Å²) in [5, 5.41) is 20.8.